The van der Waals surface area contributed by atoms with Gasteiger partial charge in [-0.15, -0.1) is 24.8 Å². The summed E-state index contributed by atoms with van der Waals surface area (Å²) in [7, 11) is 4.02. The first-order valence-corrected chi connectivity index (χ1v) is 9.49. The standard InChI is InChI=1S/C22H29N3O2.2ClH/c1-17-7-9-20(10-8-17)27-22(11-13-23-14-12-22)21(26)24-16-18-5-4-6-19(15-18)25(2)3;;/h4-10,15,23H,11-14,16H2,1-3H3,(H,24,26);2*1H. The van der Waals surface area contributed by atoms with Crippen molar-refractivity contribution in [1.82, 2.24) is 10.6 Å². The third kappa shape index (κ3) is 6.53. The fourth-order valence-electron chi connectivity index (χ4n) is 3.33. The van der Waals surface area contributed by atoms with E-state index < -0.39 is 5.60 Å². The highest BCUT2D eigenvalue weighted by Crippen LogP contribution is 2.27. The van der Waals surface area contributed by atoms with Gasteiger partial charge in [0.2, 0.25) is 0 Å². The van der Waals surface area contributed by atoms with Gasteiger partial charge in [0.25, 0.3) is 5.91 Å². The highest BCUT2D eigenvalue weighted by atomic mass is 35.5. The normalized spacial score (nSPS) is 14.7. The maximum absolute atomic E-state index is 13.1. The molecule has 2 aromatic carbocycles. The average Bonchev–Trinajstić information content (AvgIpc) is 2.69. The Morgan fingerprint density at radius 2 is 1.76 bits per heavy atom. The van der Waals surface area contributed by atoms with E-state index in [1.165, 1.54) is 5.56 Å². The number of ether oxygens (including phenoxy) is 1. The number of nitrogens with one attached hydrogen (secondary N) is 2. The molecule has 7 heteroatoms. The molecular formula is C22H31Cl2N3O2. The molecule has 0 unspecified atom stereocenters. The molecule has 160 valence electrons. The molecule has 1 heterocycles. The molecule has 29 heavy (non-hydrogen) atoms. The summed E-state index contributed by atoms with van der Waals surface area (Å²) in [5.41, 5.74) is 2.55. The summed E-state index contributed by atoms with van der Waals surface area (Å²) in [6, 6.07) is 16.1. The van der Waals surface area contributed by atoms with Gasteiger partial charge in [0.05, 0.1) is 0 Å². The summed E-state index contributed by atoms with van der Waals surface area (Å²) in [6.45, 7) is 4.08. The molecule has 1 amide bonds. The van der Waals surface area contributed by atoms with E-state index in [0.29, 0.717) is 19.4 Å². The van der Waals surface area contributed by atoms with E-state index in [2.05, 4.69) is 27.7 Å². The molecule has 0 spiro atoms. The Bertz CT molecular complexity index is 776. The Morgan fingerprint density at radius 1 is 1.10 bits per heavy atom. The Labute approximate surface area is 186 Å². The zero-order valence-electron chi connectivity index (χ0n) is 17.2. The quantitative estimate of drug-likeness (QED) is 0.719. The predicted octanol–water partition coefficient (Wildman–Crippen LogP) is 3.72. The summed E-state index contributed by atoms with van der Waals surface area (Å²) in [5, 5.41) is 6.41. The molecule has 0 aliphatic carbocycles. The maximum Gasteiger partial charge on any atom is 0.264 e. The van der Waals surface area contributed by atoms with Gasteiger partial charge in [0, 0.05) is 39.2 Å². The fourth-order valence-corrected chi connectivity index (χ4v) is 3.33. The second kappa shape index (κ2) is 11.3. The molecule has 0 bridgehead atoms. The first-order valence-electron chi connectivity index (χ1n) is 9.49. The number of carbonyl (C=O) groups is 1. The smallest absolute Gasteiger partial charge is 0.264 e. The zero-order valence-corrected chi connectivity index (χ0v) is 18.9. The predicted molar refractivity (Wildman–Crippen MR) is 124 cm³/mol. The molecule has 1 saturated heterocycles. The molecule has 3 rings (SSSR count). The Balaban J connectivity index is 0.00000210. The highest BCUT2D eigenvalue weighted by molar-refractivity contribution is 5.86. The van der Waals surface area contributed by atoms with Crippen molar-refractivity contribution >= 4 is 36.4 Å². The number of carbonyl (C=O) groups excluding carboxylic acids is 1. The number of anilines is 1. The zero-order chi connectivity index (χ0) is 19.3. The SMILES string of the molecule is Cc1ccc(OC2(C(=O)NCc3cccc(N(C)C)c3)CCNCC2)cc1.Cl.Cl. The molecule has 0 radical (unpaired) electrons. The van der Waals surface area contributed by atoms with Crippen LogP contribution in [0.15, 0.2) is 48.5 Å². The first-order chi connectivity index (χ1) is 13.0. The van der Waals surface area contributed by atoms with Gasteiger partial charge in [-0.1, -0.05) is 29.8 Å². The van der Waals surface area contributed by atoms with E-state index in [4.69, 9.17) is 4.74 Å². The molecule has 2 aromatic rings. The maximum atomic E-state index is 13.1. The second-order valence-electron chi connectivity index (χ2n) is 7.41. The third-order valence-corrected chi connectivity index (χ3v) is 5.04. The number of nitrogens with zero attached hydrogens (tertiary/aromatic N) is 1. The molecular weight excluding hydrogens is 409 g/mol. The Hall–Kier alpha value is -1.95. The van der Waals surface area contributed by atoms with Gasteiger partial charge < -0.3 is 20.3 Å². The second-order valence-corrected chi connectivity index (χ2v) is 7.41. The first kappa shape index (κ1) is 25.1. The number of hydrogen-bond acceptors (Lipinski definition) is 4. The van der Waals surface area contributed by atoms with E-state index in [-0.39, 0.29) is 30.7 Å². The average molecular weight is 440 g/mol. The van der Waals surface area contributed by atoms with Crippen LogP contribution in [-0.2, 0) is 11.3 Å². The Kier molecular flexibility index (Phi) is 9.77. The van der Waals surface area contributed by atoms with Crippen LogP contribution in [-0.4, -0.2) is 38.7 Å². The van der Waals surface area contributed by atoms with E-state index in [0.717, 1.165) is 30.1 Å². The lowest BCUT2D eigenvalue weighted by Gasteiger charge is -2.36. The van der Waals surface area contributed by atoms with Crippen LogP contribution in [0.5, 0.6) is 5.75 Å². The monoisotopic (exact) mass is 439 g/mol. The molecule has 1 fully saturated rings. The van der Waals surface area contributed by atoms with Crippen molar-refractivity contribution in [3.8, 4) is 5.75 Å². The minimum Gasteiger partial charge on any atom is -0.477 e. The number of aryl methyl sites for hydroxylation is 1. The van der Waals surface area contributed by atoms with Crippen LogP contribution in [0, 0.1) is 6.92 Å². The molecule has 2 N–H and O–H groups in total. The van der Waals surface area contributed by atoms with E-state index in [1.54, 1.807) is 0 Å². The van der Waals surface area contributed by atoms with Crippen LogP contribution in [0.4, 0.5) is 5.69 Å². The number of benzene rings is 2. The number of amides is 1. The van der Waals surface area contributed by atoms with Crippen molar-refractivity contribution in [2.75, 3.05) is 32.1 Å². The topological polar surface area (TPSA) is 53.6 Å². The molecule has 0 saturated carbocycles. The van der Waals surface area contributed by atoms with Gasteiger partial charge in [0.1, 0.15) is 5.75 Å². The molecule has 1 aliphatic heterocycles. The van der Waals surface area contributed by atoms with Crippen LogP contribution in [0.25, 0.3) is 0 Å². The lowest BCUT2D eigenvalue weighted by atomic mass is 9.90. The fraction of sp³-hybridized carbons (Fsp3) is 0.409. The van der Waals surface area contributed by atoms with Crippen LogP contribution in [0.1, 0.15) is 24.0 Å². The lowest BCUT2D eigenvalue weighted by molar-refractivity contribution is -0.139. The summed E-state index contributed by atoms with van der Waals surface area (Å²) in [4.78, 5) is 15.2. The van der Waals surface area contributed by atoms with Gasteiger partial charge in [-0.05, 0) is 49.8 Å². The summed E-state index contributed by atoms with van der Waals surface area (Å²) >= 11 is 0. The van der Waals surface area contributed by atoms with Gasteiger partial charge in [-0.3, -0.25) is 4.79 Å². The number of rotatable bonds is 6. The minimum atomic E-state index is -0.820. The van der Waals surface area contributed by atoms with Crippen LogP contribution in [0.3, 0.4) is 0 Å². The van der Waals surface area contributed by atoms with Crippen LogP contribution < -0.4 is 20.3 Å². The van der Waals surface area contributed by atoms with Crippen molar-refractivity contribution in [1.29, 1.82) is 0 Å². The van der Waals surface area contributed by atoms with E-state index in [1.807, 2.05) is 57.4 Å². The number of halogens is 2. The summed E-state index contributed by atoms with van der Waals surface area (Å²) in [5.74, 6) is 0.701. The molecule has 0 atom stereocenters. The number of hydrogen-bond donors (Lipinski definition) is 2. The van der Waals surface area contributed by atoms with Gasteiger partial charge in [-0.2, -0.15) is 0 Å². The largest absolute Gasteiger partial charge is 0.477 e. The lowest BCUT2D eigenvalue weighted by Crippen LogP contribution is -2.56. The third-order valence-electron chi connectivity index (χ3n) is 5.04. The molecule has 0 aromatic heterocycles. The van der Waals surface area contributed by atoms with Crippen molar-refractivity contribution < 1.29 is 9.53 Å². The van der Waals surface area contributed by atoms with E-state index in [9.17, 15) is 4.79 Å². The summed E-state index contributed by atoms with van der Waals surface area (Å²) < 4.78 is 6.25. The van der Waals surface area contributed by atoms with Gasteiger partial charge in [-0.25, -0.2) is 0 Å². The van der Waals surface area contributed by atoms with Gasteiger partial charge >= 0.3 is 0 Å². The van der Waals surface area contributed by atoms with Crippen molar-refractivity contribution in [3.05, 3.63) is 59.7 Å². The Morgan fingerprint density at radius 3 is 2.38 bits per heavy atom. The summed E-state index contributed by atoms with van der Waals surface area (Å²) in [6.07, 6.45) is 1.31. The van der Waals surface area contributed by atoms with Crippen LogP contribution in [0.2, 0.25) is 0 Å². The molecule has 1 aliphatic rings. The van der Waals surface area contributed by atoms with Crippen molar-refractivity contribution in [2.24, 2.45) is 0 Å². The highest BCUT2D eigenvalue weighted by Gasteiger charge is 2.41. The van der Waals surface area contributed by atoms with E-state index >= 15 is 0 Å². The minimum absolute atomic E-state index is 0. The van der Waals surface area contributed by atoms with Crippen LogP contribution >= 0.6 is 24.8 Å². The van der Waals surface area contributed by atoms with Gasteiger partial charge in [0.15, 0.2) is 5.60 Å². The van der Waals surface area contributed by atoms with Crippen molar-refractivity contribution in [3.63, 3.8) is 0 Å². The van der Waals surface area contributed by atoms with Crippen molar-refractivity contribution in [2.45, 2.75) is 31.9 Å². The molecule has 5 nitrogen and oxygen atoms in total. The number of piperidine rings is 1.